The summed E-state index contributed by atoms with van der Waals surface area (Å²) < 4.78 is 38.4. The maximum absolute atomic E-state index is 12.6. The number of ether oxygens (including phenoxy) is 2. The van der Waals surface area contributed by atoms with Crippen molar-refractivity contribution in [3.63, 3.8) is 0 Å². The summed E-state index contributed by atoms with van der Waals surface area (Å²) in [4.78, 5) is 14.1. The lowest BCUT2D eigenvalue weighted by Gasteiger charge is -2.33. The van der Waals surface area contributed by atoms with Gasteiger partial charge in [-0.15, -0.1) is 11.3 Å². The average Bonchev–Trinajstić information content (AvgIpc) is 3.19. The van der Waals surface area contributed by atoms with Crippen LogP contribution in [0.4, 0.5) is 0 Å². The number of carbonyl (C=O) groups excluding carboxylic acids is 1. The van der Waals surface area contributed by atoms with Crippen LogP contribution in [0, 0.1) is 0 Å². The van der Waals surface area contributed by atoms with E-state index in [-0.39, 0.29) is 23.2 Å². The van der Waals surface area contributed by atoms with E-state index in [4.69, 9.17) is 21.1 Å². The minimum atomic E-state index is -3.57. The van der Waals surface area contributed by atoms with Crippen molar-refractivity contribution < 1.29 is 22.7 Å². The highest BCUT2D eigenvalue weighted by Crippen LogP contribution is 2.31. The quantitative estimate of drug-likeness (QED) is 0.664. The Bertz CT molecular complexity index is 1040. The van der Waals surface area contributed by atoms with E-state index in [1.54, 1.807) is 17.0 Å². The van der Waals surface area contributed by atoms with Gasteiger partial charge in [0.1, 0.15) is 17.4 Å². The molecule has 1 saturated heterocycles. The Morgan fingerprint density at radius 1 is 1.03 bits per heavy atom. The first kappa shape index (κ1) is 20.2. The van der Waals surface area contributed by atoms with Crippen molar-refractivity contribution in [1.82, 2.24) is 9.21 Å². The van der Waals surface area contributed by atoms with Gasteiger partial charge < -0.3 is 14.4 Å². The predicted molar refractivity (Wildman–Crippen MR) is 111 cm³/mol. The van der Waals surface area contributed by atoms with Gasteiger partial charge in [-0.2, -0.15) is 4.31 Å². The van der Waals surface area contributed by atoms with E-state index in [0.717, 1.165) is 16.9 Å². The van der Waals surface area contributed by atoms with Gasteiger partial charge in [0.05, 0.1) is 4.34 Å². The highest BCUT2D eigenvalue weighted by molar-refractivity contribution is 7.91. The fourth-order valence-corrected chi connectivity index (χ4v) is 6.21. The van der Waals surface area contributed by atoms with Crippen LogP contribution < -0.4 is 9.47 Å². The third-order valence-electron chi connectivity index (χ3n) is 4.68. The van der Waals surface area contributed by atoms with Crippen LogP contribution in [-0.2, 0) is 14.8 Å². The van der Waals surface area contributed by atoms with Crippen molar-refractivity contribution in [2.75, 3.05) is 39.4 Å². The Labute approximate surface area is 178 Å². The van der Waals surface area contributed by atoms with Gasteiger partial charge in [-0.3, -0.25) is 4.79 Å². The summed E-state index contributed by atoms with van der Waals surface area (Å²) in [5.41, 5.74) is 0.832. The molecule has 0 unspecified atom stereocenters. The van der Waals surface area contributed by atoms with Gasteiger partial charge in [-0.25, -0.2) is 8.42 Å². The first-order valence-corrected chi connectivity index (χ1v) is 11.7. The Morgan fingerprint density at radius 2 is 1.76 bits per heavy atom. The summed E-state index contributed by atoms with van der Waals surface area (Å²) in [5.74, 6) is 1.21. The number of amides is 1. The number of halogens is 1. The number of sulfonamides is 1. The molecule has 10 heteroatoms. The molecule has 0 saturated carbocycles. The van der Waals surface area contributed by atoms with Crippen LogP contribution in [-0.4, -0.2) is 62.9 Å². The van der Waals surface area contributed by atoms with Gasteiger partial charge in [0.15, 0.2) is 11.5 Å². The summed E-state index contributed by atoms with van der Waals surface area (Å²) in [6, 6.07) is 8.58. The fourth-order valence-electron chi connectivity index (χ4n) is 3.15. The third-order valence-corrected chi connectivity index (χ3v) is 8.27. The van der Waals surface area contributed by atoms with Crippen LogP contribution in [0.5, 0.6) is 11.5 Å². The van der Waals surface area contributed by atoms with E-state index in [1.807, 2.05) is 18.2 Å². The van der Waals surface area contributed by atoms with Gasteiger partial charge in [0, 0.05) is 32.3 Å². The molecule has 1 aromatic carbocycles. The third kappa shape index (κ3) is 4.42. The first-order chi connectivity index (χ1) is 13.9. The number of hydrogen-bond acceptors (Lipinski definition) is 6. The van der Waals surface area contributed by atoms with Crippen molar-refractivity contribution in [3.8, 4) is 11.5 Å². The molecule has 2 aliphatic heterocycles. The van der Waals surface area contributed by atoms with Crippen molar-refractivity contribution in [2.45, 2.75) is 4.21 Å². The zero-order valence-electron chi connectivity index (χ0n) is 15.4. The molecule has 29 heavy (non-hydrogen) atoms. The molecule has 0 atom stereocenters. The number of benzene rings is 1. The van der Waals surface area contributed by atoms with Crippen molar-refractivity contribution >= 4 is 44.9 Å². The van der Waals surface area contributed by atoms with Crippen LogP contribution in [0.15, 0.2) is 40.6 Å². The molecule has 0 aliphatic carbocycles. The zero-order valence-corrected chi connectivity index (χ0v) is 17.8. The second-order valence-corrected chi connectivity index (χ2v) is 10.4. The summed E-state index contributed by atoms with van der Waals surface area (Å²) in [7, 11) is -3.57. The van der Waals surface area contributed by atoms with E-state index in [9.17, 15) is 13.2 Å². The molecule has 0 radical (unpaired) electrons. The van der Waals surface area contributed by atoms with E-state index >= 15 is 0 Å². The number of thiophene rings is 1. The first-order valence-electron chi connectivity index (χ1n) is 9.05. The average molecular weight is 455 g/mol. The lowest BCUT2D eigenvalue weighted by Crippen LogP contribution is -2.50. The molecule has 0 spiro atoms. The number of piperazine rings is 1. The predicted octanol–water partition coefficient (Wildman–Crippen LogP) is 2.72. The van der Waals surface area contributed by atoms with Crippen molar-refractivity contribution in [1.29, 1.82) is 0 Å². The normalized spacial score (nSPS) is 17.6. The van der Waals surface area contributed by atoms with Crippen molar-refractivity contribution in [3.05, 3.63) is 46.3 Å². The number of rotatable bonds is 4. The Hall–Kier alpha value is -2.07. The molecule has 0 N–H and O–H groups in total. The van der Waals surface area contributed by atoms with Gasteiger partial charge in [0.2, 0.25) is 5.91 Å². The molecule has 4 rings (SSSR count). The van der Waals surface area contributed by atoms with E-state index < -0.39 is 10.0 Å². The number of fused-ring (bicyclic) bond motifs is 1. The van der Waals surface area contributed by atoms with Crippen LogP contribution in [0.1, 0.15) is 5.56 Å². The maximum atomic E-state index is 12.6. The molecule has 3 heterocycles. The van der Waals surface area contributed by atoms with Gasteiger partial charge >= 0.3 is 0 Å². The molecule has 1 amide bonds. The Morgan fingerprint density at radius 3 is 2.45 bits per heavy atom. The summed E-state index contributed by atoms with van der Waals surface area (Å²) in [5, 5.41) is 0. The summed E-state index contributed by atoms with van der Waals surface area (Å²) in [6.07, 6.45) is 3.21. The van der Waals surface area contributed by atoms with E-state index in [2.05, 4.69) is 0 Å². The summed E-state index contributed by atoms with van der Waals surface area (Å²) >= 11 is 6.89. The highest BCUT2D eigenvalue weighted by atomic mass is 35.5. The molecule has 7 nitrogen and oxygen atoms in total. The number of hydrogen-bond donors (Lipinski definition) is 0. The monoisotopic (exact) mass is 454 g/mol. The molecule has 0 bridgehead atoms. The Kier molecular flexibility index (Phi) is 5.82. The lowest BCUT2D eigenvalue weighted by atomic mass is 10.1. The second-order valence-electron chi connectivity index (χ2n) is 6.52. The van der Waals surface area contributed by atoms with Crippen LogP contribution >= 0.6 is 22.9 Å². The van der Waals surface area contributed by atoms with Gasteiger partial charge in [-0.05, 0) is 35.9 Å². The van der Waals surface area contributed by atoms with Crippen LogP contribution in [0.3, 0.4) is 0 Å². The molecule has 154 valence electrons. The lowest BCUT2D eigenvalue weighted by molar-refractivity contribution is -0.127. The molecule has 1 aromatic heterocycles. The fraction of sp³-hybridized carbons (Fsp3) is 0.316. The smallest absolute Gasteiger partial charge is 0.252 e. The molecule has 1 fully saturated rings. The van der Waals surface area contributed by atoms with Crippen LogP contribution in [0.25, 0.3) is 6.08 Å². The molecule has 2 aliphatic rings. The van der Waals surface area contributed by atoms with E-state index in [0.29, 0.717) is 42.1 Å². The highest BCUT2D eigenvalue weighted by Gasteiger charge is 2.30. The van der Waals surface area contributed by atoms with Gasteiger partial charge in [-0.1, -0.05) is 17.7 Å². The van der Waals surface area contributed by atoms with Gasteiger partial charge in [0.25, 0.3) is 10.0 Å². The number of nitrogens with zero attached hydrogens (tertiary/aromatic N) is 2. The van der Waals surface area contributed by atoms with E-state index in [1.165, 1.54) is 16.4 Å². The maximum Gasteiger partial charge on any atom is 0.252 e. The standard InChI is InChI=1S/C19H19ClN2O5S2/c20-17-4-6-19(28-17)29(24,25)22-9-7-21(8-10-22)18(23)5-2-14-1-3-15-16(13-14)27-12-11-26-15/h1-6,13H,7-12H2/b5-2+. The zero-order chi connectivity index (χ0) is 20.4. The van der Waals surface area contributed by atoms with Crippen molar-refractivity contribution in [2.24, 2.45) is 0 Å². The molecular weight excluding hydrogens is 436 g/mol. The minimum absolute atomic E-state index is 0.156. The largest absolute Gasteiger partial charge is 0.486 e. The minimum Gasteiger partial charge on any atom is -0.486 e. The number of carbonyl (C=O) groups is 1. The Balaban J connectivity index is 1.36. The SMILES string of the molecule is O=C(/C=C/c1ccc2c(c1)OCCO2)N1CCN(S(=O)(=O)c2ccc(Cl)s2)CC1. The topological polar surface area (TPSA) is 76.2 Å². The molecule has 2 aromatic rings. The second kappa shape index (κ2) is 8.35. The van der Waals surface area contributed by atoms with Crippen LogP contribution in [0.2, 0.25) is 4.34 Å². The summed E-state index contributed by atoms with van der Waals surface area (Å²) in [6.45, 7) is 2.21. The molecular formula is C19H19ClN2O5S2.